The van der Waals surface area contributed by atoms with E-state index in [1.54, 1.807) is 19.4 Å². The van der Waals surface area contributed by atoms with Crippen LogP contribution in [0.2, 0.25) is 0 Å². The zero-order chi connectivity index (χ0) is 20.5. The van der Waals surface area contributed by atoms with Crippen molar-refractivity contribution in [3.63, 3.8) is 0 Å². The number of ether oxygens (including phenoxy) is 2. The molecule has 0 saturated carbocycles. The summed E-state index contributed by atoms with van der Waals surface area (Å²) in [6.45, 7) is 2.37. The molecule has 0 saturated heterocycles. The molecule has 0 unspecified atom stereocenters. The average molecular weight is 389 g/mol. The Hall–Kier alpha value is -3.80. The molecule has 0 heterocycles. The molecule has 3 aromatic rings. The van der Waals surface area contributed by atoms with Crippen LogP contribution in [0.4, 0.5) is 10.5 Å². The van der Waals surface area contributed by atoms with E-state index >= 15 is 0 Å². The van der Waals surface area contributed by atoms with Crippen LogP contribution in [-0.2, 0) is 6.61 Å². The highest BCUT2D eigenvalue weighted by atomic mass is 16.5. The van der Waals surface area contributed by atoms with Crippen LogP contribution in [0.1, 0.15) is 16.7 Å². The number of anilines is 1. The Bertz CT molecular complexity index is 988. The molecule has 3 rings (SSSR count). The number of methoxy groups -OCH3 is 1. The predicted octanol–water partition coefficient (Wildman–Crippen LogP) is 4.74. The maximum Gasteiger partial charge on any atom is 0.339 e. The Morgan fingerprint density at radius 2 is 1.76 bits per heavy atom. The van der Waals surface area contributed by atoms with Crippen molar-refractivity contribution in [3.05, 3.63) is 89.5 Å². The molecule has 3 aromatic carbocycles. The number of benzene rings is 3. The maximum absolute atomic E-state index is 12.0. The molecule has 0 aromatic heterocycles. The van der Waals surface area contributed by atoms with E-state index in [0.717, 1.165) is 22.4 Å². The first-order valence-corrected chi connectivity index (χ1v) is 9.16. The normalized spacial score (nSPS) is 10.6. The van der Waals surface area contributed by atoms with Crippen molar-refractivity contribution in [1.82, 2.24) is 5.43 Å². The van der Waals surface area contributed by atoms with Gasteiger partial charge in [-0.3, -0.25) is 0 Å². The van der Waals surface area contributed by atoms with Gasteiger partial charge in [0.05, 0.1) is 13.3 Å². The average Bonchev–Trinajstić information content (AvgIpc) is 2.75. The van der Waals surface area contributed by atoms with Crippen molar-refractivity contribution in [2.45, 2.75) is 13.5 Å². The molecule has 148 valence electrons. The first-order valence-electron chi connectivity index (χ1n) is 9.16. The Kier molecular flexibility index (Phi) is 6.84. The molecule has 0 spiro atoms. The van der Waals surface area contributed by atoms with E-state index in [4.69, 9.17) is 9.47 Å². The monoisotopic (exact) mass is 389 g/mol. The first-order chi connectivity index (χ1) is 14.2. The Morgan fingerprint density at radius 1 is 1.00 bits per heavy atom. The smallest absolute Gasteiger partial charge is 0.339 e. The summed E-state index contributed by atoms with van der Waals surface area (Å²) >= 11 is 0. The van der Waals surface area contributed by atoms with E-state index in [0.29, 0.717) is 18.1 Å². The van der Waals surface area contributed by atoms with Crippen LogP contribution in [0.15, 0.2) is 77.9 Å². The van der Waals surface area contributed by atoms with Gasteiger partial charge in [0.2, 0.25) is 0 Å². The summed E-state index contributed by atoms with van der Waals surface area (Å²) in [6, 6.07) is 22.5. The topological polar surface area (TPSA) is 72.0 Å². The van der Waals surface area contributed by atoms with Crippen molar-refractivity contribution in [1.29, 1.82) is 0 Å². The highest BCUT2D eigenvalue weighted by Gasteiger charge is 2.06. The van der Waals surface area contributed by atoms with Gasteiger partial charge in [0.15, 0.2) is 11.5 Å². The van der Waals surface area contributed by atoms with Crippen LogP contribution >= 0.6 is 0 Å². The summed E-state index contributed by atoms with van der Waals surface area (Å²) in [5.41, 5.74) is 6.01. The Labute approximate surface area is 170 Å². The van der Waals surface area contributed by atoms with Crippen LogP contribution in [0.25, 0.3) is 0 Å². The van der Waals surface area contributed by atoms with E-state index in [1.165, 1.54) is 0 Å². The lowest BCUT2D eigenvalue weighted by Gasteiger charge is -2.11. The second-order valence-corrected chi connectivity index (χ2v) is 6.32. The highest BCUT2D eigenvalue weighted by Crippen LogP contribution is 2.28. The Morgan fingerprint density at radius 3 is 2.52 bits per heavy atom. The van der Waals surface area contributed by atoms with Gasteiger partial charge < -0.3 is 14.8 Å². The number of urea groups is 1. The molecule has 2 N–H and O–H groups in total. The van der Waals surface area contributed by atoms with Crippen molar-refractivity contribution in [2.24, 2.45) is 5.10 Å². The van der Waals surface area contributed by atoms with Crippen molar-refractivity contribution in [3.8, 4) is 11.5 Å². The molecule has 0 bridgehead atoms. The standard InChI is InChI=1S/C23H23N3O3/c1-17-8-6-7-11-20(17)25-23(27)26-24-15-19-12-13-21(22(14-19)28-2)29-16-18-9-4-3-5-10-18/h3-15H,16H2,1-2H3,(H2,25,26,27). The van der Waals surface area contributed by atoms with Gasteiger partial charge in [0, 0.05) is 5.69 Å². The molecule has 0 radical (unpaired) electrons. The quantitative estimate of drug-likeness (QED) is 0.453. The number of carbonyl (C=O) groups is 1. The van der Waals surface area contributed by atoms with Crippen molar-refractivity contribution < 1.29 is 14.3 Å². The second-order valence-electron chi connectivity index (χ2n) is 6.32. The van der Waals surface area contributed by atoms with Crippen LogP contribution < -0.4 is 20.2 Å². The van der Waals surface area contributed by atoms with E-state index in [-0.39, 0.29) is 0 Å². The van der Waals surface area contributed by atoms with E-state index in [1.807, 2.05) is 73.7 Å². The number of amides is 2. The van der Waals surface area contributed by atoms with Gasteiger partial charge in [-0.15, -0.1) is 0 Å². The second kappa shape index (κ2) is 9.94. The number of nitrogens with one attached hydrogen (secondary N) is 2. The summed E-state index contributed by atoms with van der Waals surface area (Å²) in [5.74, 6) is 1.23. The zero-order valence-electron chi connectivity index (χ0n) is 16.4. The third kappa shape index (κ3) is 5.84. The lowest BCUT2D eigenvalue weighted by molar-refractivity contribution is 0.252. The van der Waals surface area contributed by atoms with Gasteiger partial charge in [-0.1, -0.05) is 48.5 Å². The van der Waals surface area contributed by atoms with Gasteiger partial charge in [-0.25, -0.2) is 10.2 Å². The summed E-state index contributed by atoms with van der Waals surface area (Å²) < 4.78 is 11.2. The summed E-state index contributed by atoms with van der Waals surface area (Å²) in [6.07, 6.45) is 1.54. The largest absolute Gasteiger partial charge is 0.493 e. The van der Waals surface area contributed by atoms with E-state index < -0.39 is 6.03 Å². The van der Waals surface area contributed by atoms with Gasteiger partial charge in [-0.2, -0.15) is 5.10 Å². The van der Waals surface area contributed by atoms with Gasteiger partial charge in [0.25, 0.3) is 0 Å². The minimum absolute atomic E-state index is 0.412. The SMILES string of the molecule is COc1cc(C=NNC(=O)Nc2ccccc2C)ccc1OCc1ccccc1. The minimum atomic E-state index is -0.412. The number of carbonyl (C=O) groups excluding carboxylic acids is 1. The van der Waals surface area contributed by atoms with Crippen LogP contribution in [0.3, 0.4) is 0 Å². The molecule has 6 heteroatoms. The van der Waals surface area contributed by atoms with Crippen molar-refractivity contribution in [2.75, 3.05) is 12.4 Å². The lowest BCUT2D eigenvalue weighted by atomic mass is 10.2. The molecular formula is C23H23N3O3. The molecule has 29 heavy (non-hydrogen) atoms. The van der Waals surface area contributed by atoms with E-state index in [2.05, 4.69) is 15.8 Å². The molecule has 2 amide bonds. The lowest BCUT2D eigenvalue weighted by Crippen LogP contribution is -2.24. The number of nitrogens with zero attached hydrogens (tertiary/aromatic N) is 1. The van der Waals surface area contributed by atoms with E-state index in [9.17, 15) is 4.79 Å². The molecule has 0 aliphatic heterocycles. The third-order valence-electron chi connectivity index (χ3n) is 4.20. The fraction of sp³-hybridized carbons (Fsp3) is 0.130. The van der Waals surface area contributed by atoms with Crippen molar-refractivity contribution >= 4 is 17.9 Å². The zero-order valence-corrected chi connectivity index (χ0v) is 16.4. The predicted molar refractivity (Wildman–Crippen MR) is 115 cm³/mol. The van der Waals surface area contributed by atoms with Gasteiger partial charge >= 0.3 is 6.03 Å². The highest BCUT2D eigenvalue weighted by molar-refractivity contribution is 5.91. The van der Waals surface area contributed by atoms with Crippen LogP contribution in [-0.4, -0.2) is 19.4 Å². The summed E-state index contributed by atoms with van der Waals surface area (Å²) in [4.78, 5) is 12.0. The number of hydrogen-bond donors (Lipinski definition) is 2. The molecule has 6 nitrogen and oxygen atoms in total. The molecular weight excluding hydrogens is 366 g/mol. The molecule has 0 aliphatic carbocycles. The number of hydrazone groups is 1. The fourth-order valence-corrected chi connectivity index (χ4v) is 2.65. The summed E-state index contributed by atoms with van der Waals surface area (Å²) in [5, 5.41) is 6.73. The van der Waals surface area contributed by atoms with Crippen LogP contribution in [0.5, 0.6) is 11.5 Å². The summed E-state index contributed by atoms with van der Waals surface area (Å²) in [7, 11) is 1.58. The number of aryl methyl sites for hydroxylation is 1. The number of para-hydroxylation sites is 1. The number of rotatable bonds is 7. The maximum atomic E-state index is 12.0. The van der Waals surface area contributed by atoms with Crippen LogP contribution in [0, 0.1) is 6.92 Å². The molecule has 0 atom stereocenters. The van der Waals surface area contributed by atoms with Gasteiger partial charge in [-0.05, 0) is 47.9 Å². The fourth-order valence-electron chi connectivity index (χ4n) is 2.65. The van der Waals surface area contributed by atoms with Gasteiger partial charge in [0.1, 0.15) is 6.61 Å². The molecule has 0 aliphatic rings. The molecule has 0 fully saturated rings. The third-order valence-corrected chi connectivity index (χ3v) is 4.20. The first kappa shape index (κ1) is 19.9. The number of hydrogen-bond acceptors (Lipinski definition) is 4. The Balaban J connectivity index is 1.57. The minimum Gasteiger partial charge on any atom is -0.493 e.